The number of ether oxygens (including phenoxy) is 1. The number of benzene rings is 1. The van der Waals surface area contributed by atoms with Crippen molar-refractivity contribution in [2.45, 2.75) is 32.4 Å². The monoisotopic (exact) mass is 248 g/mol. The van der Waals surface area contributed by atoms with Gasteiger partial charge in [0.1, 0.15) is 5.75 Å². The van der Waals surface area contributed by atoms with Crippen molar-refractivity contribution in [3.63, 3.8) is 0 Å². The first-order valence-corrected chi connectivity index (χ1v) is 6.46. The van der Waals surface area contributed by atoms with E-state index >= 15 is 0 Å². The van der Waals surface area contributed by atoms with Gasteiger partial charge in [0.05, 0.1) is 0 Å². The summed E-state index contributed by atoms with van der Waals surface area (Å²) >= 11 is 0. The van der Waals surface area contributed by atoms with Gasteiger partial charge < -0.3 is 15.4 Å². The molecule has 1 aliphatic carbocycles. The Morgan fingerprint density at radius 3 is 2.56 bits per heavy atom. The van der Waals surface area contributed by atoms with Gasteiger partial charge in [0.2, 0.25) is 0 Å². The molecule has 0 heterocycles. The highest BCUT2D eigenvalue weighted by molar-refractivity contribution is 5.78. The van der Waals surface area contributed by atoms with Crippen LogP contribution in [-0.4, -0.2) is 30.0 Å². The second-order valence-corrected chi connectivity index (χ2v) is 4.55. The van der Waals surface area contributed by atoms with E-state index in [9.17, 15) is 4.79 Å². The molecular formula is C14H20N2O2. The van der Waals surface area contributed by atoms with Crippen molar-refractivity contribution in [3.8, 4) is 5.75 Å². The molecule has 1 saturated carbocycles. The summed E-state index contributed by atoms with van der Waals surface area (Å²) in [4.78, 5) is 13.8. The minimum absolute atomic E-state index is 0.0721. The lowest BCUT2D eigenvalue weighted by molar-refractivity contribution is -0.133. The fraction of sp³-hybridized carbons (Fsp3) is 0.500. The van der Waals surface area contributed by atoms with Crippen molar-refractivity contribution in [2.24, 2.45) is 5.73 Å². The topological polar surface area (TPSA) is 55.6 Å². The van der Waals surface area contributed by atoms with E-state index in [-0.39, 0.29) is 12.5 Å². The Bertz CT molecular complexity index is 399. The molecule has 4 nitrogen and oxygen atoms in total. The average molecular weight is 248 g/mol. The maximum Gasteiger partial charge on any atom is 0.260 e. The summed E-state index contributed by atoms with van der Waals surface area (Å²) in [5, 5.41) is 0. The zero-order chi connectivity index (χ0) is 13.0. The van der Waals surface area contributed by atoms with Gasteiger partial charge in [-0.1, -0.05) is 12.1 Å². The predicted octanol–water partition coefficient (Wildman–Crippen LogP) is 1.53. The summed E-state index contributed by atoms with van der Waals surface area (Å²) in [6.07, 6.45) is 2.26. The minimum atomic E-state index is 0.0721. The van der Waals surface area contributed by atoms with E-state index in [0.29, 0.717) is 18.3 Å². The van der Waals surface area contributed by atoms with Gasteiger partial charge >= 0.3 is 0 Å². The molecule has 0 radical (unpaired) electrons. The molecule has 2 rings (SSSR count). The molecule has 0 spiro atoms. The zero-order valence-electron chi connectivity index (χ0n) is 10.8. The number of carbonyl (C=O) groups excluding carboxylic acids is 1. The van der Waals surface area contributed by atoms with Crippen LogP contribution < -0.4 is 10.5 Å². The molecule has 18 heavy (non-hydrogen) atoms. The van der Waals surface area contributed by atoms with Crippen molar-refractivity contribution < 1.29 is 9.53 Å². The Balaban J connectivity index is 1.84. The van der Waals surface area contributed by atoms with Gasteiger partial charge in [0.25, 0.3) is 5.91 Å². The van der Waals surface area contributed by atoms with Gasteiger partial charge in [-0.15, -0.1) is 0 Å². The third-order valence-corrected chi connectivity index (χ3v) is 3.17. The first kappa shape index (κ1) is 12.9. The van der Waals surface area contributed by atoms with Gasteiger partial charge in [-0.3, -0.25) is 4.79 Å². The lowest BCUT2D eigenvalue weighted by Crippen LogP contribution is -2.36. The predicted molar refractivity (Wildman–Crippen MR) is 70.2 cm³/mol. The first-order valence-electron chi connectivity index (χ1n) is 6.46. The van der Waals surface area contributed by atoms with Gasteiger partial charge in [-0.25, -0.2) is 0 Å². The average Bonchev–Trinajstić information content (AvgIpc) is 3.22. The molecule has 1 amide bonds. The molecular weight excluding hydrogens is 228 g/mol. The number of likely N-dealkylation sites (N-methyl/N-ethyl adjacent to an activating group) is 1. The molecule has 98 valence electrons. The van der Waals surface area contributed by atoms with Gasteiger partial charge in [-0.2, -0.15) is 0 Å². The smallest absolute Gasteiger partial charge is 0.260 e. The maximum atomic E-state index is 11.9. The first-order chi connectivity index (χ1) is 8.74. The Hall–Kier alpha value is -1.55. The third-order valence-electron chi connectivity index (χ3n) is 3.17. The van der Waals surface area contributed by atoms with E-state index in [1.54, 1.807) is 0 Å². The van der Waals surface area contributed by atoms with E-state index in [1.165, 1.54) is 0 Å². The van der Waals surface area contributed by atoms with Crippen LogP contribution in [0.3, 0.4) is 0 Å². The van der Waals surface area contributed by atoms with Crippen molar-refractivity contribution in [2.75, 3.05) is 13.2 Å². The Morgan fingerprint density at radius 2 is 2.06 bits per heavy atom. The lowest BCUT2D eigenvalue weighted by atomic mass is 10.2. The van der Waals surface area contributed by atoms with E-state index in [0.717, 1.165) is 24.9 Å². The van der Waals surface area contributed by atoms with E-state index < -0.39 is 0 Å². The second kappa shape index (κ2) is 5.87. The quantitative estimate of drug-likeness (QED) is 0.830. The molecule has 0 aliphatic heterocycles. The SMILES string of the molecule is CCN(C(=O)COc1ccc(CN)cc1)C1CC1. The number of nitrogens with zero attached hydrogens (tertiary/aromatic N) is 1. The molecule has 0 atom stereocenters. The van der Waals surface area contributed by atoms with Crippen LogP contribution in [0.2, 0.25) is 0 Å². The summed E-state index contributed by atoms with van der Waals surface area (Å²) in [5.41, 5.74) is 6.58. The highest BCUT2D eigenvalue weighted by Crippen LogP contribution is 2.26. The van der Waals surface area contributed by atoms with Crippen molar-refractivity contribution in [1.29, 1.82) is 0 Å². The summed E-state index contributed by atoms with van der Waals surface area (Å²) in [5.74, 6) is 0.787. The molecule has 1 fully saturated rings. The molecule has 4 heteroatoms. The van der Waals surface area contributed by atoms with Crippen LogP contribution >= 0.6 is 0 Å². The van der Waals surface area contributed by atoms with Gasteiger partial charge in [-0.05, 0) is 37.5 Å². The molecule has 2 N–H and O–H groups in total. The Labute approximate surface area is 108 Å². The fourth-order valence-corrected chi connectivity index (χ4v) is 1.97. The maximum absolute atomic E-state index is 11.9. The summed E-state index contributed by atoms with van der Waals surface area (Å²) in [7, 11) is 0. The normalized spacial score (nSPS) is 14.3. The number of hydrogen-bond donors (Lipinski definition) is 1. The Kier molecular flexibility index (Phi) is 4.20. The molecule has 1 aliphatic rings. The highest BCUT2D eigenvalue weighted by atomic mass is 16.5. The number of hydrogen-bond acceptors (Lipinski definition) is 3. The zero-order valence-corrected chi connectivity index (χ0v) is 10.8. The van der Waals surface area contributed by atoms with Crippen LogP contribution in [0.15, 0.2) is 24.3 Å². The number of carbonyl (C=O) groups is 1. The van der Waals surface area contributed by atoms with E-state index in [2.05, 4.69) is 0 Å². The number of nitrogens with two attached hydrogens (primary N) is 1. The molecule has 0 saturated heterocycles. The van der Waals surface area contributed by atoms with Crippen LogP contribution in [-0.2, 0) is 11.3 Å². The molecule has 1 aromatic carbocycles. The van der Waals surface area contributed by atoms with Crippen LogP contribution in [0.25, 0.3) is 0 Å². The van der Waals surface area contributed by atoms with Crippen LogP contribution in [0.4, 0.5) is 0 Å². The Morgan fingerprint density at radius 1 is 1.39 bits per heavy atom. The van der Waals surface area contributed by atoms with Crippen molar-refractivity contribution in [3.05, 3.63) is 29.8 Å². The fourth-order valence-electron chi connectivity index (χ4n) is 1.97. The summed E-state index contributed by atoms with van der Waals surface area (Å²) < 4.78 is 5.50. The van der Waals surface area contributed by atoms with Gasteiger partial charge in [0.15, 0.2) is 6.61 Å². The summed E-state index contributed by atoms with van der Waals surface area (Å²) in [6.45, 7) is 3.40. The van der Waals surface area contributed by atoms with Crippen molar-refractivity contribution >= 4 is 5.91 Å². The number of amides is 1. The van der Waals surface area contributed by atoms with Crippen LogP contribution in [0.1, 0.15) is 25.3 Å². The highest BCUT2D eigenvalue weighted by Gasteiger charge is 2.31. The molecule has 0 unspecified atom stereocenters. The second-order valence-electron chi connectivity index (χ2n) is 4.55. The lowest BCUT2D eigenvalue weighted by Gasteiger charge is -2.20. The minimum Gasteiger partial charge on any atom is -0.484 e. The third kappa shape index (κ3) is 3.23. The van der Waals surface area contributed by atoms with E-state index in [1.807, 2.05) is 36.1 Å². The van der Waals surface area contributed by atoms with Gasteiger partial charge in [0, 0.05) is 19.1 Å². The standard InChI is InChI=1S/C14H20N2O2/c1-2-16(12-5-6-12)14(17)10-18-13-7-3-11(9-15)4-8-13/h3-4,7-8,12H,2,5-6,9-10,15H2,1H3. The molecule has 0 aromatic heterocycles. The van der Waals surface area contributed by atoms with E-state index in [4.69, 9.17) is 10.5 Å². The summed E-state index contributed by atoms with van der Waals surface area (Å²) in [6, 6.07) is 7.98. The van der Waals surface area contributed by atoms with Crippen LogP contribution in [0.5, 0.6) is 5.75 Å². The molecule has 0 bridgehead atoms. The number of rotatable bonds is 6. The molecule has 1 aromatic rings. The van der Waals surface area contributed by atoms with Crippen LogP contribution in [0, 0.1) is 0 Å². The van der Waals surface area contributed by atoms with Crippen molar-refractivity contribution in [1.82, 2.24) is 4.90 Å². The largest absolute Gasteiger partial charge is 0.484 e.